The van der Waals surface area contributed by atoms with E-state index in [0.717, 1.165) is 31.0 Å². The van der Waals surface area contributed by atoms with Gasteiger partial charge in [-0.1, -0.05) is 23.7 Å². The van der Waals surface area contributed by atoms with E-state index in [0.29, 0.717) is 23.3 Å². The summed E-state index contributed by atoms with van der Waals surface area (Å²) < 4.78 is 11.0. The van der Waals surface area contributed by atoms with E-state index in [1.807, 2.05) is 18.2 Å². The summed E-state index contributed by atoms with van der Waals surface area (Å²) in [6, 6.07) is 13.6. The Morgan fingerprint density at radius 2 is 1.93 bits per heavy atom. The van der Waals surface area contributed by atoms with Crippen molar-refractivity contribution in [3.8, 4) is 11.5 Å². The van der Waals surface area contributed by atoms with Crippen molar-refractivity contribution in [1.82, 2.24) is 4.90 Å². The molecule has 3 rings (SSSR count). The molecule has 7 heteroatoms. The number of likely N-dealkylation sites (tertiary alicyclic amines) is 1. The number of guanidine groups is 1. The Bertz CT molecular complexity index is 805. The Labute approximate surface area is 177 Å². The Hall–Kier alpha value is -2.44. The highest BCUT2D eigenvalue weighted by molar-refractivity contribution is 6.32. The van der Waals surface area contributed by atoms with Crippen molar-refractivity contribution >= 4 is 23.2 Å². The van der Waals surface area contributed by atoms with Crippen molar-refractivity contribution in [2.45, 2.75) is 19.3 Å². The molecule has 3 N–H and O–H groups in total. The van der Waals surface area contributed by atoms with E-state index in [4.69, 9.17) is 26.8 Å². The third-order valence-corrected chi connectivity index (χ3v) is 5.20. The van der Waals surface area contributed by atoms with Crippen LogP contribution in [0.2, 0.25) is 5.02 Å². The first kappa shape index (κ1) is 21.3. The second kappa shape index (κ2) is 10.9. The zero-order valence-electron chi connectivity index (χ0n) is 16.9. The molecule has 1 saturated heterocycles. The summed E-state index contributed by atoms with van der Waals surface area (Å²) >= 11 is 6.12. The van der Waals surface area contributed by atoms with E-state index in [2.05, 4.69) is 27.3 Å². The SMILES string of the molecule is COc1ccc(NC(N)=NCCc2ccc(OCCN3CCCC3)cc2)cc1Cl. The first-order valence-electron chi connectivity index (χ1n) is 9.98. The molecular weight excluding hydrogens is 388 g/mol. The summed E-state index contributed by atoms with van der Waals surface area (Å²) in [7, 11) is 1.58. The maximum Gasteiger partial charge on any atom is 0.193 e. The van der Waals surface area contributed by atoms with Crippen molar-refractivity contribution in [2.75, 3.05) is 45.2 Å². The molecule has 1 fully saturated rings. The number of anilines is 1. The molecule has 0 spiro atoms. The third-order valence-electron chi connectivity index (χ3n) is 4.91. The number of methoxy groups -OCH3 is 1. The molecule has 1 aliphatic heterocycles. The fraction of sp³-hybridized carbons (Fsp3) is 0.409. The predicted molar refractivity (Wildman–Crippen MR) is 119 cm³/mol. The zero-order valence-corrected chi connectivity index (χ0v) is 17.6. The number of hydrogen-bond acceptors (Lipinski definition) is 4. The number of benzene rings is 2. The monoisotopic (exact) mass is 416 g/mol. The average molecular weight is 417 g/mol. The van der Waals surface area contributed by atoms with E-state index < -0.39 is 0 Å². The number of rotatable bonds is 9. The smallest absolute Gasteiger partial charge is 0.193 e. The van der Waals surface area contributed by atoms with Gasteiger partial charge in [0.05, 0.1) is 12.1 Å². The van der Waals surface area contributed by atoms with Crippen LogP contribution in [0.15, 0.2) is 47.5 Å². The van der Waals surface area contributed by atoms with Gasteiger partial charge in [-0.2, -0.15) is 0 Å². The summed E-state index contributed by atoms with van der Waals surface area (Å²) in [5, 5.41) is 3.56. The Morgan fingerprint density at radius 3 is 2.62 bits per heavy atom. The van der Waals surface area contributed by atoms with Gasteiger partial charge in [0.1, 0.15) is 18.1 Å². The molecule has 1 aliphatic rings. The van der Waals surface area contributed by atoms with Crippen LogP contribution in [0, 0.1) is 0 Å². The minimum Gasteiger partial charge on any atom is -0.495 e. The van der Waals surface area contributed by atoms with Gasteiger partial charge < -0.3 is 20.5 Å². The van der Waals surface area contributed by atoms with Crippen LogP contribution in [-0.4, -0.2) is 50.8 Å². The van der Waals surface area contributed by atoms with Crippen molar-refractivity contribution < 1.29 is 9.47 Å². The summed E-state index contributed by atoms with van der Waals surface area (Å²) in [5.41, 5.74) is 7.93. The van der Waals surface area contributed by atoms with Gasteiger partial charge in [-0.15, -0.1) is 0 Å². The van der Waals surface area contributed by atoms with Gasteiger partial charge in [-0.3, -0.25) is 9.89 Å². The van der Waals surface area contributed by atoms with Crippen LogP contribution < -0.4 is 20.5 Å². The molecule has 0 unspecified atom stereocenters. The van der Waals surface area contributed by atoms with Crippen LogP contribution in [0.25, 0.3) is 0 Å². The van der Waals surface area contributed by atoms with E-state index in [1.54, 1.807) is 19.2 Å². The number of halogens is 1. The summed E-state index contributed by atoms with van der Waals surface area (Å²) in [6.07, 6.45) is 3.43. The largest absolute Gasteiger partial charge is 0.495 e. The lowest BCUT2D eigenvalue weighted by atomic mass is 10.1. The number of nitrogens with zero attached hydrogens (tertiary/aromatic N) is 2. The van der Waals surface area contributed by atoms with Gasteiger partial charge in [0.2, 0.25) is 0 Å². The lowest BCUT2D eigenvalue weighted by Gasteiger charge is -2.15. The Balaban J connectivity index is 1.40. The molecular formula is C22H29ClN4O2. The van der Waals surface area contributed by atoms with Crippen LogP contribution >= 0.6 is 11.6 Å². The quantitative estimate of drug-likeness (QED) is 0.480. The minimum atomic E-state index is 0.355. The topological polar surface area (TPSA) is 72.1 Å². The van der Waals surface area contributed by atoms with Gasteiger partial charge in [-0.25, -0.2) is 0 Å². The molecule has 6 nitrogen and oxygen atoms in total. The second-order valence-electron chi connectivity index (χ2n) is 7.03. The van der Waals surface area contributed by atoms with Gasteiger partial charge in [0.25, 0.3) is 0 Å². The first-order valence-corrected chi connectivity index (χ1v) is 10.4. The van der Waals surface area contributed by atoms with Crippen LogP contribution in [0.4, 0.5) is 5.69 Å². The van der Waals surface area contributed by atoms with Gasteiger partial charge in [0.15, 0.2) is 5.96 Å². The van der Waals surface area contributed by atoms with E-state index in [1.165, 1.54) is 31.5 Å². The second-order valence-corrected chi connectivity index (χ2v) is 7.44. The molecule has 0 aliphatic carbocycles. The molecule has 29 heavy (non-hydrogen) atoms. The molecule has 1 heterocycles. The van der Waals surface area contributed by atoms with Crippen molar-refractivity contribution in [3.63, 3.8) is 0 Å². The molecule has 0 saturated carbocycles. The van der Waals surface area contributed by atoms with E-state index >= 15 is 0 Å². The van der Waals surface area contributed by atoms with Crippen LogP contribution in [0.1, 0.15) is 18.4 Å². The molecule has 2 aromatic rings. The molecule has 0 bridgehead atoms. The fourth-order valence-electron chi connectivity index (χ4n) is 3.29. The van der Waals surface area contributed by atoms with Crippen molar-refractivity contribution in [2.24, 2.45) is 10.7 Å². The molecule has 0 aromatic heterocycles. The maximum atomic E-state index is 6.12. The lowest BCUT2D eigenvalue weighted by molar-refractivity contribution is 0.238. The summed E-state index contributed by atoms with van der Waals surface area (Å²) in [4.78, 5) is 6.82. The van der Waals surface area contributed by atoms with Gasteiger partial charge in [-0.05, 0) is 68.2 Å². The molecule has 0 radical (unpaired) electrons. The highest BCUT2D eigenvalue weighted by Gasteiger charge is 2.10. The first-order chi connectivity index (χ1) is 14.1. The highest BCUT2D eigenvalue weighted by atomic mass is 35.5. The van der Waals surface area contributed by atoms with Crippen molar-refractivity contribution in [1.29, 1.82) is 0 Å². The van der Waals surface area contributed by atoms with Crippen molar-refractivity contribution in [3.05, 3.63) is 53.1 Å². The van der Waals surface area contributed by atoms with E-state index in [9.17, 15) is 0 Å². The average Bonchev–Trinajstić information content (AvgIpc) is 3.23. The normalized spacial score (nSPS) is 14.8. The Kier molecular flexibility index (Phi) is 8.02. The summed E-state index contributed by atoms with van der Waals surface area (Å²) in [5.74, 6) is 1.89. The number of nitrogens with two attached hydrogens (primary N) is 1. The number of aliphatic imine (C=N–C) groups is 1. The van der Waals surface area contributed by atoms with Crippen LogP contribution in [0.5, 0.6) is 11.5 Å². The van der Waals surface area contributed by atoms with E-state index in [-0.39, 0.29) is 0 Å². The fourth-order valence-corrected chi connectivity index (χ4v) is 3.55. The number of hydrogen-bond donors (Lipinski definition) is 2. The van der Waals surface area contributed by atoms with Crippen LogP contribution in [-0.2, 0) is 6.42 Å². The number of nitrogens with one attached hydrogen (secondary N) is 1. The molecule has 156 valence electrons. The summed E-state index contributed by atoms with van der Waals surface area (Å²) in [6.45, 7) is 4.74. The minimum absolute atomic E-state index is 0.355. The molecule has 2 aromatic carbocycles. The van der Waals surface area contributed by atoms with Gasteiger partial charge in [0, 0.05) is 18.8 Å². The zero-order chi connectivity index (χ0) is 20.5. The Morgan fingerprint density at radius 1 is 1.17 bits per heavy atom. The standard InChI is InChI=1S/C22H29ClN4O2/c1-28-21-9-6-18(16-20(21)23)26-22(24)25-11-10-17-4-7-19(8-5-17)29-15-14-27-12-2-3-13-27/h4-9,16H,2-3,10-15H2,1H3,(H3,24,25,26). The number of ether oxygens (including phenoxy) is 2. The third kappa shape index (κ3) is 6.84. The van der Waals surface area contributed by atoms with Gasteiger partial charge >= 0.3 is 0 Å². The molecule has 0 amide bonds. The predicted octanol–water partition coefficient (Wildman–Crippen LogP) is 3.79. The van der Waals surface area contributed by atoms with Crippen LogP contribution in [0.3, 0.4) is 0 Å². The highest BCUT2D eigenvalue weighted by Crippen LogP contribution is 2.27. The lowest BCUT2D eigenvalue weighted by Crippen LogP contribution is -2.25. The molecule has 0 atom stereocenters. The maximum absolute atomic E-state index is 6.12.